The van der Waals surface area contributed by atoms with E-state index in [0.29, 0.717) is 35.2 Å². The number of allylic oxidation sites excluding steroid dienone is 1. The summed E-state index contributed by atoms with van der Waals surface area (Å²) in [6.45, 7) is 3.70. The van der Waals surface area contributed by atoms with Gasteiger partial charge >= 0.3 is 5.97 Å². The van der Waals surface area contributed by atoms with E-state index < -0.39 is 11.9 Å². The minimum Gasteiger partial charge on any atom is -0.493 e. The number of methoxy groups -OCH3 is 1. The summed E-state index contributed by atoms with van der Waals surface area (Å²) in [5.41, 5.74) is 7.79. The first-order chi connectivity index (χ1) is 17.9. The van der Waals surface area contributed by atoms with Gasteiger partial charge in [-0.1, -0.05) is 40.7 Å². The van der Waals surface area contributed by atoms with Gasteiger partial charge in [0.1, 0.15) is 35.5 Å². The molecule has 1 atom stereocenters. The van der Waals surface area contributed by atoms with E-state index in [-0.39, 0.29) is 23.8 Å². The molecule has 0 bridgehead atoms. The molecule has 0 aromatic heterocycles. The normalized spacial score (nSPS) is 14.0. The summed E-state index contributed by atoms with van der Waals surface area (Å²) < 4.78 is 28.6. The number of carbonyl (C=O) groups is 1. The number of hydrogen-bond acceptors (Lipinski definition) is 8. The molecular formula is C28H23BrN2O6. The summed E-state index contributed by atoms with van der Waals surface area (Å²) in [7, 11) is 1.54. The maximum absolute atomic E-state index is 12.3. The molecule has 2 N–H and O–H groups in total. The molecule has 0 saturated carbocycles. The minimum atomic E-state index is -0.587. The molecular weight excluding hydrogens is 540 g/mol. The van der Waals surface area contributed by atoms with Crippen LogP contribution in [0.25, 0.3) is 0 Å². The highest BCUT2D eigenvalue weighted by molar-refractivity contribution is 9.10. The maximum Gasteiger partial charge on any atom is 0.349 e. The zero-order chi connectivity index (χ0) is 26.4. The topological polar surface area (TPSA) is 113 Å². The molecule has 0 amide bonds. The van der Waals surface area contributed by atoms with Crippen LogP contribution in [0.1, 0.15) is 17.0 Å². The lowest BCUT2D eigenvalue weighted by Crippen LogP contribution is -2.21. The van der Waals surface area contributed by atoms with Crippen LogP contribution in [-0.4, -0.2) is 26.3 Å². The fraction of sp³-hybridized carbons (Fsp3) is 0.143. The maximum atomic E-state index is 12.3. The van der Waals surface area contributed by atoms with E-state index in [1.807, 2.05) is 18.2 Å². The Bertz CT molecular complexity index is 1390. The predicted octanol–water partition coefficient (Wildman–Crippen LogP) is 5.23. The predicted molar refractivity (Wildman–Crippen MR) is 140 cm³/mol. The number of halogens is 1. The van der Waals surface area contributed by atoms with Crippen LogP contribution in [-0.2, 0) is 4.79 Å². The quantitative estimate of drug-likeness (QED) is 0.214. The Balaban J connectivity index is 1.57. The fourth-order valence-electron chi connectivity index (χ4n) is 3.81. The van der Waals surface area contributed by atoms with E-state index >= 15 is 0 Å². The fourth-order valence-corrected chi connectivity index (χ4v) is 4.07. The lowest BCUT2D eigenvalue weighted by atomic mass is 9.83. The van der Waals surface area contributed by atoms with Gasteiger partial charge in [0.15, 0.2) is 18.1 Å². The molecule has 3 aromatic carbocycles. The monoisotopic (exact) mass is 562 g/mol. The number of benzene rings is 3. The van der Waals surface area contributed by atoms with Crippen LogP contribution in [0.5, 0.6) is 28.7 Å². The second-order valence-corrected chi connectivity index (χ2v) is 8.77. The molecule has 37 heavy (non-hydrogen) atoms. The first-order valence-electron chi connectivity index (χ1n) is 11.2. The Labute approximate surface area is 222 Å². The van der Waals surface area contributed by atoms with Gasteiger partial charge in [-0.25, -0.2) is 4.79 Å². The number of nitrogens with zero attached hydrogens (tertiary/aromatic N) is 1. The summed E-state index contributed by atoms with van der Waals surface area (Å²) in [6.07, 6.45) is 1.64. The molecule has 3 aromatic rings. The molecule has 8 nitrogen and oxygen atoms in total. The SMILES string of the molecule is C=CCOc1ccc(C2C(C#N)=C(N)Oc3cc(OC(=O)COc4ccc(Br)cc4)ccc32)cc1OC. The summed E-state index contributed by atoms with van der Waals surface area (Å²) in [5.74, 6) is 1.05. The van der Waals surface area contributed by atoms with Crippen LogP contribution in [0, 0.1) is 11.3 Å². The number of nitriles is 1. The van der Waals surface area contributed by atoms with Crippen molar-refractivity contribution in [3.8, 4) is 34.8 Å². The molecule has 1 unspecified atom stereocenters. The molecule has 1 heterocycles. The minimum absolute atomic E-state index is 0.0343. The van der Waals surface area contributed by atoms with Gasteiger partial charge in [-0.3, -0.25) is 0 Å². The van der Waals surface area contributed by atoms with Crippen LogP contribution in [0.15, 0.2) is 89.2 Å². The van der Waals surface area contributed by atoms with Crippen molar-refractivity contribution in [3.05, 3.63) is 100 Å². The van der Waals surface area contributed by atoms with Crippen molar-refractivity contribution in [3.63, 3.8) is 0 Å². The average Bonchev–Trinajstić information content (AvgIpc) is 2.90. The zero-order valence-corrected chi connectivity index (χ0v) is 21.5. The summed E-state index contributed by atoms with van der Waals surface area (Å²) in [5, 5.41) is 9.84. The molecule has 9 heteroatoms. The number of carbonyl (C=O) groups excluding carboxylic acids is 1. The Hall–Kier alpha value is -4.42. The van der Waals surface area contributed by atoms with Crippen LogP contribution < -0.4 is 29.4 Å². The largest absolute Gasteiger partial charge is 0.493 e. The second-order valence-electron chi connectivity index (χ2n) is 7.85. The Morgan fingerprint density at radius 3 is 2.57 bits per heavy atom. The zero-order valence-electron chi connectivity index (χ0n) is 19.9. The van der Waals surface area contributed by atoms with Gasteiger partial charge < -0.3 is 29.4 Å². The molecule has 0 fully saturated rings. The van der Waals surface area contributed by atoms with Crippen LogP contribution >= 0.6 is 15.9 Å². The van der Waals surface area contributed by atoms with Crippen molar-refractivity contribution >= 4 is 21.9 Å². The van der Waals surface area contributed by atoms with Crippen LogP contribution in [0.2, 0.25) is 0 Å². The number of nitrogens with two attached hydrogens (primary N) is 1. The van der Waals surface area contributed by atoms with E-state index in [9.17, 15) is 10.1 Å². The summed E-state index contributed by atoms with van der Waals surface area (Å²) >= 11 is 3.35. The van der Waals surface area contributed by atoms with E-state index in [4.69, 9.17) is 29.4 Å². The molecule has 1 aliphatic heterocycles. The van der Waals surface area contributed by atoms with E-state index in [1.54, 1.807) is 48.5 Å². The third-order valence-corrected chi connectivity index (χ3v) is 6.00. The molecule has 4 rings (SSSR count). The Kier molecular flexibility index (Phi) is 8.01. The lowest BCUT2D eigenvalue weighted by Gasteiger charge is -2.27. The van der Waals surface area contributed by atoms with Crippen LogP contribution in [0.3, 0.4) is 0 Å². The number of hydrogen-bond donors (Lipinski definition) is 1. The molecule has 0 saturated heterocycles. The molecule has 0 spiro atoms. The molecule has 0 radical (unpaired) electrons. The first kappa shape index (κ1) is 25.7. The van der Waals surface area contributed by atoms with Crippen molar-refractivity contribution in [2.75, 3.05) is 20.3 Å². The molecule has 188 valence electrons. The number of ether oxygens (including phenoxy) is 5. The van der Waals surface area contributed by atoms with Crippen molar-refractivity contribution in [2.45, 2.75) is 5.92 Å². The van der Waals surface area contributed by atoms with Crippen molar-refractivity contribution in [1.29, 1.82) is 5.26 Å². The Morgan fingerprint density at radius 2 is 1.86 bits per heavy atom. The van der Waals surface area contributed by atoms with Gasteiger partial charge in [-0.05, 0) is 48.0 Å². The molecule has 1 aliphatic rings. The van der Waals surface area contributed by atoms with Gasteiger partial charge in [-0.2, -0.15) is 5.26 Å². The van der Waals surface area contributed by atoms with Crippen molar-refractivity contribution in [1.82, 2.24) is 0 Å². The van der Waals surface area contributed by atoms with E-state index in [2.05, 4.69) is 28.6 Å². The average molecular weight is 563 g/mol. The van der Waals surface area contributed by atoms with E-state index in [1.165, 1.54) is 7.11 Å². The van der Waals surface area contributed by atoms with Gasteiger partial charge in [0, 0.05) is 16.1 Å². The smallest absolute Gasteiger partial charge is 0.349 e. The third-order valence-electron chi connectivity index (χ3n) is 5.47. The Morgan fingerprint density at radius 1 is 1.11 bits per heavy atom. The van der Waals surface area contributed by atoms with Gasteiger partial charge in [0.2, 0.25) is 5.88 Å². The highest BCUT2D eigenvalue weighted by atomic mass is 79.9. The van der Waals surface area contributed by atoms with E-state index in [0.717, 1.165) is 10.0 Å². The summed E-state index contributed by atoms with van der Waals surface area (Å²) in [4.78, 5) is 12.3. The van der Waals surface area contributed by atoms with Gasteiger partial charge in [0.25, 0.3) is 0 Å². The van der Waals surface area contributed by atoms with Gasteiger partial charge in [-0.15, -0.1) is 0 Å². The first-order valence-corrected chi connectivity index (χ1v) is 11.9. The number of esters is 1. The second kappa shape index (κ2) is 11.5. The standard InChI is InChI=1S/C28H23BrN2O6/c1-3-12-34-23-11-4-17(13-25(23)33-2)27-21-10-9-20(14-24(21)37-28(31)22(27)15-30)36-26(32)16-35-19-7-5-18(29)6-8-19/h3-11,13-14,27H,1,12,16,31H2,2H3. The number of fused-ring (bicyclic) bond motifs is 1. The van der Waals surface area contributed by atoms with Crippen LogP contribution in [0.4, 0.5) is 0 Å². The van der Waals surface area contributed by atoms with Crippen molar-refractivity contribution in [2.24, 2.45) is 5.73 Å². The summed E-state index contributed by atoms with van der Waals surface area (Å²) in [6, 6.07) is 19.5. The molecule has 0 aliphatic carbocycles. The third kappa shape index (κ3) is 5.88. The highest BCUT2D eigenvalue weighted by Crippen LogP contribution is 2.45. The van der Waals surface area contributed by atoms with Gasteiger partial charge in [0.05, 0.1) is 13.0 Å². The number of rotatable bonds is 9. The highest BCUT2D eigenvalue weighted by Gasteiger charge is 2.31. The van der Waals surface area contributed by atoms with Crippen molar-refractivity contribution < 1.29 is 28.5 Å². The lowest BCUT2D eigenvalue weighted by molar-refractivity contribution is -0.136.